The number of hydrogen-bond donors (Lipinski definition) is 3. The lowest BCUT2D eigenvalue weighted by Crippen LogP contribution is -2.29. The van der Waals surface area contributed by atoms with Gasteiger partial charge >= 0.3 is 0 Å². The van der Waals surface area contributed by atoms with Crippen LogP contribution in [-0.2, 0) is 20.9 Å². The molecule has 4 N–H and O–H groups in total. The molecule has 1 aromatic carbocycles. The molecular weight excluding hydrogens is 366 g/mol. The molecule has 1 aliphatic heterocycles. The third kappa shape index (κ3) is 5.31. The predicted molar refractivity (Wildman–Crippen MR) is 105 cm³/mol. The van der Waals surface area contributed by atoms with E-state index >= 15 is 0 Å². The molecule has 2 amide bonds. The Morgan fingerprint density at radius 2 is 2.04 bits per heavy atom. The molecule has 3 rings (SSSR count). The summed E-state index contributed by atoms with van der Waals surface area (Å²) in [4.78, 5) is 25.5. The molecule has 0 radical (unpaired) electrons. The highest BCUT2D eigenvalue weighted by Crippen LogP contribution is 2.20. The number of nitrogens with zero attached hydrogens (tertiary/aromatic N) is 2. The normalized spacial score (nSPS) is 19.0. The summed E-state index contributed by atoms with van der Waals surface area (Å²) in [6, 6.07) is 7.60. The average Bonchev–Trinajstić information content (AvgIpc) is 3.31. The van der Waals surface area contributed by atoms with Gasteiger partial charge in [-0.05, 0) is 43.4 Å². The van der Waals surface area contributed by atoms with Gasteiger partial charge in [-0.3, -0.25) is 14.3 Å². The van der Waals surface area contributed by atoms with E-state index in [1.54, 1.807) is 18.0 Å². The van der Waals surface area contributed by atoms with Gasteiger partial charge in [0.15, 0.2) is 0 Å². The number of aromatic nitrogens is 2. The standard InChI is InChI=1S/C18H23N5O3S/c1-27-15-5-2-12(3-6-15)21-17(24)11-23-10-13(9-20-23)22-18(25)16-7-4-14(8-19)26-16/h2-3,5-6,9-10,14,16H,4,7-8,11,19H2,1H3,(H,21,24)(H,22,25)/t14-,16+/m1/s1. The first-order chi connectivity index (χ1) is 13.1. The van der Waals surface area contributed by atoms with Crippen LogP contribution in [0.15, 0.2) is 41.6 Å². The van der Waals surface area contributed by atoms with Crippen LogP contribution in [0.2, 0.25) is 0 Å². The number of rotatable bonds is 7. The highest BCUT2D eigenvalue weighted by Gasteiger charge is 2.30. The second-order valence-corrected chi connectivity index (χ2v) is 7.13. The maximum absolute atomic E-state index is 12.2. The molecule has 27 heavy (non-hydrogen) atoms. The van der Waals surface area contributed by atoms with Crippen molar-refractivity contribution in [2.75, 3.05) is 23.4 Å². The first kappa shape index (κ1) is 19.4. The zero-order valence-electron chi connectivity index (χ0n) is 15.1. The van der Waals surface area contributed by atoms with Gasteiger partial charge in [0.05, 0.1) is 18.0 Å². The van der Waals surface area contributed by atoms with Crippen LogP contribution in [-0.4, -0.2) is 46.6 Å². The Labute approximate surface area is 161 Å². The molecule has 0 bridgehead atoms. The SMILES string of the molecule is CSc1ccc(NC(=O)Cn2cc(NC(=O)[C@@H]3CC[C@H](CN)O3)cn2)cc1. The van der Waals surface area contributed by atoms with Crippen molar-refractivity contribution in [1.29, 1.82) is 0 Å². The van der Waals surface area contributed by atoms with E-state index in [0.29, 0.717) is 18.7 Å². The van der Waals surface area contributed by atoms with Crippen molar-refractivity contribution in [3.63, 3.8) is 0 Å². The molecule has 144 valence electrons. The highest BCUT2D eigenvalue weighted by molar-refractivity contribution is 7.98. The third-order valence-electron chi connectivity index (χ3n) is 4.24. The molecular formula is C18H23N5O3S. The Morgan fingerprint density at radius 1 is 1.26 bits per heavy atom. The van der Waals surface area contributed by atoms with E-state index in [4.69, 9.17) is 10.5 Å². The van der Waals surface area contributed by atoms with Gasteiger partial charge < -0.3 is 21.1 Å². The van der Waals surface area contributed by atoms with Crippen molar-refractivity contribution in [2.24, 2.45) is 5.73 Å². The molecule has 8 nitrogen and oxygen atoms in total. The predicted octanol–water partition coefficient (Wildman–Crippen LogP) is 1.69. The topological polar surface area (TPSA) is 111 Å². The van der Waals surface area contributed by atoms with Crippen LogP contribution in [0.4, 0.5) is 11.4 Å². The lowest BCUT2D eigenvalue weighted by molar-refractivity contribution is -0.126. The van der Waals surface area contributed by atoms with Gasteiger partial charge in [0, 0.05) is 23.3 Å². The van der Waals surface area contributed by atoms with Crippen molar-refractivity contribution < 1.29 is 14.3 Å². The summed E-state index contributed by atoms with van der Waals surface area (Å²) in [5.41, 5.74) is 6.81. The third-order valence-corrected chi connectivity index (χ3v) is 4.99. The molecule has 1 aromatic heterocycles. The molecule has 9 heteroatoms. The Morgan fingerprint density at radius 3 is 2.70 bits per heavy atom. The molecule has 0 spiro atoms. The quantitative estimate of drug-likeness (QED) is 0.622. The van der Waals surface area contributed by atoms with Gasteiger partial charge in [-0.1, -0.05) is 0 Å². The number of ether oxygens (including phenoxy) is 1. The summed E-state index contributed by atoms with van der Waals surface area (Å²) in [5.74, 6) is -0.415. The zero-order chi connectivity index (χ0) is 19.2. The van der Waals surface area contributed by atoms with Crippen LogP contribution in [0.1, 0.15) is 12.8 Å². The number of nitrogens with two attached hydrogens (primary N) is 1. The van der Waals surface area contributed by atoms with Gasteiger partial charge in [-0.25, -0.2) is 0 Å². The van der Waals surface area contributed by atoms with Crippen LogP contribution >= 0.6 is 11.8 Å². The number of anilines is 2. The minimum Gasteiger partial charge on any atom is -0.364 e. The minimum absolute atomic E-state index is 0.0509. The van der Waals surface area contributed by atoms with Crippen LogP contribution in [0, 0.1) is 0 Å². The molecule has 0 saturated carbocycles. The summed E-state index contributed by atoms with van der Waals surface area (Å²) < 4.78 is 7.04. The van der Waals surface area contributed by atoms with Crippen LogP contribution in [0.3, 0.4) is 0 Å². The van der Waals surface area contributed by atoms with E-state index in [0.717, 1.165) is 17.0 Å². The van der Waals surface area contributed by atoms with Crippen LogP contribution < -0.4 is 16.4 Å². The number of thioether (sulfide) groups is 1. The largest absolute Gasteiger partial charge is 0.364 e. The van der Waals surface area contributed by atoms with E-state index in [1.807, 2.05) is 30.5 Å². The first-order valence-electron chi connectivity index (χ1n) is 8.70. The number of carbonyl (C=O) groups excluding carboxylic acids is 2. The Balaban J connectivity index is 1.49. The van der Waals surface area contributed by atoms with Crippen LogP contribution in [0.25, 0.3) is 0 Å². The van der Waals surface area contributed by atoms with Gasteiger partial charge in [0.2, 0.25) is 5.91 Å². The fraction of sp³-hybridized carbons (Fsp3) is 0.389. The fourth-order valence-electron chi connectivity index (χ4n) is 2.83. The Hall–Kier alpha value is -2.36. The van der Waals surface area contributed by atoms with E-state index in [9.17, 15) is 9.59 Å². The molecule has 2 aromatic rings. The maximum atomic E-state index is 12.2. The molecule has 1 aliphatic rings. The summed E-state index contributed by atoms with van der Waals surface area (Å²) in [6.07, 6.45) is 6.01. The molecule has 0 aliphatic carbocycles. The van der Waals surface area contributed by atoms with Crippen molar-refractivity contribution in [1.82, 2.24) is 9.78 Å². The van der Waals surface area contributed by atoms with Gasteiger partial charge in [-0.15, -0.1) is 11.8 Å². The van der Waals surface area contributed by atoms with Gasteiger partial charge in [0.1, 0.15) is 12.6 Å². The van der Waals surface area contributed by atoms with Crippen molar-refractivity contribution in [2.45, 2.75) is 36.5 Å². The highest BCUT2D eigenvalue weighted by atomic mass is 32.2. The van der Waals surface area contributed by atoms with Gasteiger partial charge in [0.25, 0.3) is 5.91 Å². The first-order valence-corrected chi connectivity index (χ1v) is 9.92. The maximum Gasteiger partial charge on any atom is 0.253 e. The smallest absolute Gasteiger partial charge is 0.253 e. The summed E-state index contributed by atoms with van der Waals surface area (Å²) >= 11 is 1.64. The number of nitrogens with one attached hydrogen (secondary N) is 2. The van der Waals surface area contributed by atoms with Crippen molar-refractivity contribution >= 4 is 35.0 Å². The van der Waals surface area contributed by atoms with Crippen molar-refractivity contribution in [3.8, 4) is 0 Å². The number of benzene rings is 1. The number of hydrogen-bond acceptors (Lipinski definition) is 6. The molecule has 0 unspecified atom stereocenters. The van der Waals surface area contributed by atoms with E-state index < -0.39 is 6.10 Å². The monoisotopic (exact) mass is 389 g/mol. The molecule has 1 fully saturated rings. The van der Waals surface area contributed by atoms with E-state index in [2.05, 4.69) is 15.7 Å². The second kappa shape index (κ2) is 9.03. The zero-order valence-corrected chi connectivity index (χ0v) is 15.9. The van der Waals surface area contributed by atoms with Crippen LogP contribution in [0.5, 0.6) is 0 Å². The average molecular weight is 389 g/mol. The lowest BCUT2D eigenvalue weighted by Gasteiger charge is -2.11. The van der Waals surface area contributed by atoms with E-state index in [1.165, 1.54) is 10.9 Å². The number of carbonyl (C=O) groups is 2. The number of amides is 2. The summed E-state index contributed by atoms with van der Waals surface area (Å²) in [7, 11) is 0. The minimum atomic E-state index is -0.491. The Kier molecular flexibility index (Phi) is 6.49. The Bertz CT molecular complexity index is 793. The molecule has 1 saturated heterocycles. The summed E-state index contributed by atoms with van der Waals surface area (Å²) in [5, 5.41) is 9.69. The molecule has 2 atom stereocenters. The van der Waals surface area contributed by atoms with Gasteiger partial charge in [-0.2, -0.15) is 5.10 Å². The molecule has 2 heterocycles. The lowest BCUT2D eigenvalue weighted by atomic mass is 10.2. The van der Waals surface area contributed by atoms with Crippen molar-refractivity contribution in [3.05, 3.63) is 36.7 Å². The summed E-state index contributed by atoms with van der Waals surface area (Å²) in [6.45, 7) is 0.464. The fourth-order valence-corrected chi connectivity index (χ4v) is 3.24. The second-order valence-electron chi connectivity index (χ2n) is 6.25. The van der Waals surface area contributed by atoms with E-state index in [-0.39, 0.29) is 24.5 Å².